The number of fused-ring (bicyclic) bond motifs is 1. The minimum absolute atomic E-state index is 0.0166. The van der Waals surface area contributed by atoms with Crippen LogP contribution in [-0.4, -0.2) is 21.7 Å². The number of carbonyl (C=O) groups is 2. The predicted octanol–water partition coefficient (Wildman–Crippen LogP) is 4.68. The van der Waals surface area contributed by atoms with Crippen LogP contribution in [-0.2, 0) is 11.2 Å². The third-order valence-corrected chi connectivity index (χ3v) is 7.13. The van der Waals surface area contributed by atoms with Crippen molar-refractivity contribution in [1.29, 1.82) is 0 Å². The highest BCUT2D eigenvalue weighted by molar-refractivity contribution is 8.01. The first kappa shape index (κ1) is 19.4. The number of benzene rings is 2. The lowest BCUT2D eigenvalue weighted by molar-refractivity contribution is -0.117. The van der Waals surface area contributed by atoms with Crippen LogP contribution >= 0.6 is 23.1 Å². The summed E-state index contributed by atoms with van der Waals surface area (Å²) in [7, 11) is 0. The molecule has 2 heterocycles. The molecule has 5 nitrogen and oxygen atoms in total. The number of H-pyrrole nitrogens is 1. The van der Waals surface area contributed by atoms with Gasteiger partial charge in [-0.15, -0.1) is 11.3 Å². The molecule has 0 bridgehead atoms. The second-order valence-corrected chi connectivity index (χ2v) is 9.09. The number of amides is 1. The highest BCUT2D eigenvalue weighted by Gasteiger charge is 2.27. The molecular formula is C22H19N3O2S2. The molecule has 0 radical (unpaired) electrons. The first-order valence-corrected chi connectivity index (χ1v) is 10.8. The van der Waals surface area contributed by atoms with Crippen molar-refractivity contribution in [2.45, 2.75) is 22.9 Å². The predicted molar refractivity (Wildman–Crippen MR) is 117 cm³/mol. The van der Waals surface area contributed by atoms with Gasteiger partial charge in [-0.3, -0.25) is 9.59 Å². The van der Waals surface area contributed by atoms with Gasteiger partial charge in [0.25, 0.3) is 0 Å². The van der Waals surface area contributed by atoms with Crippen LogP contribution in [0, 0.1) is 6.92 Å². The molecule has 4 aromatic rings. The molecule has 2 aromatic heterocycles. The topological polar surface area (TPSA) is 88.8 Å². The molecule has 2 aromatic carbocycles. The summed E-state index contributed by atoms with van der Waals surface area (Å²) in [5.74, 6) is -0.370. The Balaban J connectivity index is 1.71. The van der Waals surface area contributed by atoms with Crippen LogP contribution < -0.4 is 5.73 Å². The van der Waals surface area contributed by atoms with Gasteiger partial charge in [-0.25, -0.2) is 4.98 Å². The quantitative estimate of drug-likeness (QED) is 0.335. The van der Waals surface area contributed by atoms with Crippen molar-refractivity contribution in [1.82, 2.24) is 9.97 Å². The highest BCUT2D eigenvalue weighted by atomic mass is 32.2. The van der Waals surface area contributed by atoms with Gasteiger partial charge >= 0.3 is 0 Å². The van der Waals surface area contributed by atoms with Gasteiger partial charge in [-0.2, -0.15) is 0 Å². The second-order valence-electron chi connectivity index (χ2n) is 6.65. The zero-order chi connectivity index (χ0) is 20.4. The number of thiazole rings is 1. The number of aromatic amines is 1. The SMILES string of the molecule is Cc1nc(SC(C(=O)c2c[nH]c3ccccc23)c2ccccc2)sc1CC(N)=O. The molecule has 0 spiro atoms. The van der Waals surface area contributed by atoms with E-state index >= 15 is 0 Å². The molecule has 1 unspecified atom stereocenters. The van der Waals surface area contributed by atoms with Crippen LogP contribution in [0.5, 0.6) is 0 Å². The average molecular weight is 422 g/mol. The molecule has 0 saturated carbocycles. The zero-order valence-electron chi connectivity index (χ0n) is 15.7. The molecule has 4 rings (SSSR count). The van der Waals surface area contributed by atoms with Crippen molar-refractivity contribution >= 4 is 45.7 Å². The fourth-order valence-electron chi connectivity index (χ4n) is 3.19. The molecule has 146 valence electrons. The second kappa shape index (κ2) is 8.23. The standard InChI is InChI=1S/C22H19N3O2S2/c1-13-18(11-19(23)26)28-22(25-13)29-21(14-7-3-2-4-8-14)20(27)16-12-24-17-10-6-5-9-15(16)17/h2-10,12,21,24H,11H2,1H3,(H2,23,26). The van der Waals surface area contributed by atoms with Crippen LogP contribution in [0.2, 0.25) is 0 Å². The van der Waals surface area contributed by atoms with Gasteiger partial charge in [0.1, 0.15) is 5.25 Å². The number of aryl methyl sites for hydroxylation is 1. The zero-order valence-corrected chi connectivity index (χ0v) is 17.3. The number of Topliss-reactive ketones (excluding diaryl/α,β-unsaturated/α-hetero) is 1. The summed E-state index contributed by atoms with van der Waals surface area (Å²) in [6, 6.07) is 17.5. The van der Waals surface area contributed by atoms with Gasteiger partial charge in [-0.1, -0.05) is 60.3 Å². The number of nitrogens with one attached hydrogen (secondary N) is 1. The van der Waals surface area contributed by atoms with E-state index < -0.39 is 5.25 Å². The van der Waals surface area contributed by atoms with Gasteiger partial charge in [0, 0.05) is 27.5 Å². The Hall–Kier alpha value is -2.90. The third kappa shape index (κ3) is 4.11. The Morgan fingerprint density at radius 1 is 1.14 bits per heavy atom. The number of hydrogen-bond acceptors (Lipinski definition) is 5. The molecule has 0 saturated heterocycles. The molecular weight excluding hydrogens is 402 g/mol. The van der Waals surface area contributed by atoms with E-state index in [9.17, 15) is 9.59 Å². The van der Waals surface area contributed by atoms with E-state index in [4.69, 9.17) is 5.73 Å². The maximum absolute atomic E-state index is 13.6. The molecule has 1 amide bonds. The molecule has 3 N–H and O–H groups in total. The molecule has 0 aliphatic heterocycles. The lowest BCUT2D eigenvalue weighted by atomic mass is 10.0. The van der Waals surface area contributed by atoms with Gasteiger partial charge < -0.3 is 10.7 Å². The van der Waals surface area contributed by atoms with Crippen LogP contribution in [0.1, 0.15) is 31.7 Å². The van der Waals surface area contributed by atoms with E-state index in [1.165, 1.54) is 23.1 Å². The minimum atomic E-state index is -0.442. The van der Waals surface area contributed by atoms with E-state index in [-0.39, 0.29) is 18.1 Å². The Labute approximate surface area is 176 Å². The molecule has 0 aliphatic rings. The number of para-hydroxylation sites is 1. The van der Waals surface area contributed by atoms with E-state index in [1.807, 2.05) is 61.5 Å². The number of thioether (sulfide) groups is 1. The lowest BCUT2D eigenvalue weighted by Gasteiger charge is -2.14. The van der Waals surface area contributed by atoms with Gasteiger partial charge in [-0.05, 0) is 18.6 Å². The van der Waals surface area contributed by atoms with E-state index in [0.717, 1.165) is 31.4 Å². The number of nitrogens with two attached hydrogens (primary N) is 1. The van der Waals surface area contributed by atoms with Crippen molar-refractivity contribution < 1.29 is 9.59 Å². The van der Waals surface area contributed by atoms with E-state index in [2.05, 4.69) is 9.97 Å². The average Bonchev–Trinajstić information content (AvgIpc) is 3.29. The van der Waals surface area contributed by atoms with Gasteiger partial charge in [0.05, 0.1) is 12.1 Å². The van der Waals surface area contributed by atoms with Crippen molar-refractivity contribution in [2.24, 2.45) is 5.73 Å². The van der Waals surface area contributed by atoms with Gasteiger partial charge in [0.15, 0.2) is 10.1 Å². The third-order valence-electron chi connectivity index (χ3n) is 4.62. The number of ketones is 1. The summed E-state index contributed by atoms with van der Waals surface area (Å²) in [5.41, 5.74) is 8.62. The smallest absolute Gasteiger partial charge is 0.222 e. The van der Waals surface area contributed by atoms with Crippen LogP contribution in [0.25, 0.3) is 10.9 Å². The van der Waals surface area contributed by atoms with Gasteiger partial charge in [0.2, 0.25) is 5.91 Å². The summed E-state index contributed by atoms with van der Waals surface area (Å²) in [6.07, 6.45) is 1.94. The Morgan fingerprint density at radius 3 is 2.62 bits per heavy atom. The van der Waals surface area contributed by atoms with Crippen molar-refractivity contribution in [3.05, 3.63) is 82.5 Å². The number of rotatable bonds is 7. The van der Waals surface area contributed by atoms with Crippen molar-refractivity contribution in [3.63, 3.8) is 0 Å². The Kier molecular flexibility index (Phi) is 5.51. The maximum atomic E-state index is 13.6. The summed E-state index contributed by atoms with van der Waals surface area (Å²) >= 11 is 2.83. The van der Waals surface area contributed by atoms with Crippen LogP contribution in [0.3, 0.4) is 0 Å². The Bertz CT molecular complexity index is 1180. The normalized spacial score (nSPS) is 12.2. The van der Waals surface area contributed by atoms with Crippen molar-refractivity contribution in [3.8, 4) is 0 Å². The van der Waals surface area contributed by atoms with E-state index in [0.29, 0.717) is 5.56 Å². The molecule has 1 atom stereocenters. The maximum Gasteiger partial charge on any atom is 0.222 e. The fourth-order valence-corrected chi connectivity index (χ4v) is 5.69. The lowest BCUT2D eigenvalue weighted by Crippen LogP contribution is -2.13. The van der Waals surface area contributed by atoms with Crippen LogP contribution in [0.15, 0.2) is 65.1 Å². The number of aromatic nitrogens is 2. The molecule has 7 heteroatoms. The van der Waals surface area contributed by atoms with E-state index in [1.54, 1.807) is 6.20 Å². The molecule has 0 aliphatic carbocycles. The van der Waals surface area contributed by atoms with Crippen LogP contribution in [0.4, 0.5) is 0 Å². The number of carbonyl (C=O) groups excluding carboxylic acids is 2. The summed E-state index contributed by atoms with van der Waals surface area (Å²) < 4.78 is 0.751. The summed E-state index contributed by atoms with van der Waals surface area (Å²) in [5, 5.41) is 0.464. The number of primary amides is 1. The van der Waals surface area contributed by atoms with Crippen molar-refractivity contribution in [2.75, 3.05) is 0 Å². The highest BCUT2D eigenvalue weighted by Crippen LogP contribution is 2.41. The Morgan fingerprint density at radius 2 is 1.86 bits per heavy atom. The molecule has 0 fully saturated rings. The summed E-state index contributed by atoms with van der Waals surface area (Å²) in [6.45, 7) is 1.86. The minimum Gasteiger partial charge on any atom is -0.369 e. The fraction of sp³-hybridized carbons (Fsp3) is 0.136. The molecule has 29 heavy (non-hydrogen) atoms. The summed E-state index contributed by atoms with van der Waals surface area (Å²) in [4.78, 5) is 33.4. The number of nitrogens with zero attached hydrogens (tertiary/aromatic N) is 1. The first-order valence-electron chi connectivity index (χ1n) is 9.09. The monoisotopic (exact) mass is 421 g/mol. The largest absolute Gasteiger partial charge is 0.369 e. The first-order chi connectivity index (χ1) is 14.0. The number of hydrogen-bond donors (Lipinski definition) is 2.